The second-order valence-electron chi connectivity index (χ2n) is 5.68. The Bertz CT molecular complexity index is 585. The van der Waals surface area contributed by atoms with Crippen molar-refractivity contribution in [1.82, 2.24) is 21.5 Å². The van der Waals surface area contributed by atoms with Crippen LogP contribution in [0.15, 0.2) is 24.3 Å². The van der Waals surface area contributed by atoms with Crippen molar-refractivity contribution in [3.05, 3.63) is 35.4 Å². The molecule has 6 nitrogen and oxygen atoms in total. The summed E-state index contributed by atoms with van der Waals surface area (Å²) in [6.45, 7) is 1.79. The van der Waals surface area contributed by atoms with E-state index in [1.165, 1.54) is 12.8 Å². The lowest BCUT2D eigenvalue weighted by Crippen LogP contribution is -2.51. The van der Waals surface area contributed by atoms with Gasteiger partial charge < -0.3 is 10.6 Å². The highest BCUT2D eigenvalue weighted by Crippen LogP contribution is 2.17. The van der Waals surface area contributed by atoms with Gasteiger partial charge in [-0.05, 0) is 44.1 Å². The molecule has 1 fully saturated rings. The van der Waals surface area contributed by atoms with Crippen molar-refractivity contribution in [1.29, 1.82) is 0 Å². The lowest BCUT2D eigenvalue weighted by Gasteiger charge is -2.16. The van der Waals surface area contributed by atoms with Crippen molar-refractivity contribution in [2.24, 2.45) is 0 Å². The van der Waals surface area contributed by atoms with Gasteiger partial charge in [0, 0.05) is 11.6 Å². The Balaban J connectivity index is 1.66. The second-order valence-corrected chi connectivity index (χ2v) is 6.09. The summed E-state index contributed by atoms with van der Waals surface area (Å²) in [6, 6.07) is 7.57. The second kappa shape index (κ2) is 8.47. The molecule has 0 bridgehead atoms. The van der Waals surface area contributed by atoms with Gasteiger partial charge >= 0.3 is 0 Å². The SMILES string of the molecule is Cc1cccc(C(=O)NCC(=O)NNC(=S)NC2CCCC2)c1. The summed E-state index contributed by atoms with van der Waals surface area (Å²) in [4.78, 5) is 23.6. The molecule has 0 saturated heterocycles. The molecule has 0 radical (unpaired) electrons. The van der Waals surface area contributed by atoms with Crippen molar-refractivity contribution in [2.45, 2.75) is 38.6 Å². The molecule has 0 spiro atoms. The maximum absolute atomic E-state index is 11.9. The highest BCUT2D eigenvalue weighted by atomic mass is 32.1. The van der Waals surface area contributed by atoms with E-state index in [0.717, 1.165) is 18.4 Å². The quantitative estimate of drug-likeness (QED) is 0.491. The fourth-order valence-corrected chi connectivity index (χ4v) is 2.73. The minimum Gasteiger partial charge on any atom is -0.359 e. The van der Waals surface area contributed by atoms with Gasteiger partial charge in [0.25, 0.3) is 11.8 Å². The summed E-state index contributed by atoms with van der Waals surface area (Å²) in [6.07, 6.45) is 4.61. The van der Waals surface area contributed by atoms with Crippen molar-refractivity contribution in [3.63, 3.8) is 0 Å². The van der Waals surface area contributed by atoms with Crippen LogP contribution >= 0.6 is 12.2 Å². The van der Waals surface area contributed by atoms with Crippen molar-refractivity contribution in [2.75, 3.05) is 6.54 Å². The predicted molar refractivity (Wildman–Crippen MR) is 92.8 cm³/mol. The third kappa shape index (κ3) is 5.86. The number of hydrogen-bond donors (Lipinski definition) is 4. The van der Waals surface area contributed by atoms with Gasteiger partial charge in [-0.2, -0.15) is 0 Å². The summed E-state index contributed by atoms with van der Waals surface area (Å²) in [5.74, 6) is -0.642. The maximum Gasteiger partial charge on any atom is 0.257 e. The first-order chi connectivity index (χ1) is 11.0. The standard InChI is InChI=1S/C16H22N4O2S/c1-11-5-4-6-12(9-11)15(22)17-10-14(21)19-20-16(23)18-13-7-2-3-8-13/h4-6,9,13H,2-3,7-8,10H2,1H3,(H,17,22)(H,19,21)(H2,18,20,23). The van der Waals surface area contributed by atoms with Crippen LogP contribution in [0.3, 0.4) is 0 Å². The number of amides is 2. The van der Waals surface area contributed by atoms with E-state index in [1.54, 1.807) is 18.2 Å². The number of thiocarbonyl (C=S) groups is 1. The first-order valence-corrected chi connectivity index (χ1v) is 8.15. The van der Waals surface area contributed by atoms with Gasteiger partial charge in [-0.15, -0.1) is 0 Å². The molecule has 0 atom stereocenters. The largest absolute Gasteiger partial charge is 0.359 e. The molecule has 7 heteroatoms. The molecule has 1 aliphatic carbocycles. The van der Waals surface area contributed by atoms with Crippen LogP contribution < -0.4 is 21.5 Å². The molecular weight excluding hydrogens is 312 g/mol. The number of aryl methyl sites for hydroxylation is 1. The zero-order valence-electron chi connectivity index (χ0n) is 13.1. The van der Waals surface area contributed by atoms with Gasteiger partial charge in [-0.25, -0.2) is 0 Å². The van der Waals surface area contributed by atoms with Gasteiger partial charge in [-0.3, -0.25) is 20.4 Å². The molecule has 124 valence electrons. The lowest BCUT2D eigenvalue weighted by molar-refractivity contribution is -0.120. The third-order valence-electron chi connectivity index (χ3n) is 3.70. The predicted octanol–water partition coefficient (Wildman–Crippen LogP) is 1.16. The monoisotopic (exact) mass is 334 g/mol. The van der Waals surface area contributed by atoms with Crippen LogP contribution in [0.1, 0.15) is 41.6 Å². The van der Waals surface area contributed by atoms with Gasteiger partial charge in [0.2, 0.25) is 0 Å². The van der Waals surface area contributed by atoms with E-state index < -0.39 is 0 Å². The Hall–Kier alpha value is -2.15. The number of benzene rings is 1. The summed E-state index contributed by atoms with van der Waals surface area (Å²) in [5, 5.41) is 6.12. The first-order valence-electron chi connectivity index (χ1n) is 7.75. The molecule has 0 aliphatic heterocycles. The summed E-state index contributed by atoms with van der Waals surface area (Å²) in [7, 11) is 0. The maximum atomic E-state index is 11.9. The average molecular weight is 334 g/mol. The molecule has 2 amide bonds. The molecule has 4 N–H and O–H groups in total. The van der Waals surface area contributed by atoms with Crippen molar-refractivity contribution in [3.8, 4) is 0 Å². The van der Waals surface area contributed by atoms with E-state index in [9.17, 15) is 9.59 Å². The molecule has 1 aliphatic rings. The van der Waals surface area contributed by atoms with Crippen molar-refractivity contribution >= 4 is 29.1 Å². The Morgan fingerprint density at radius 2 is 1.96 bits per heavy atom. The molecule has 1 saturated carbocycles. The topological polar surface area (TPSA) is 82.3 Å². The minimum atomic E-state index is -0.360. The molecule has 1 aromatic rings. The van der Waals surface area contributed by atoms with Crippen LogP contribution in [-0.2, 0) is 4.79 Å². The van der Waals surface area contributed by atoms with Crippen LogP contribution in [0, 0.1) is 6.92 Å². The first kappa shape index (κ1) is 17.2. The molecule has 1 aromatic carbocycles. The highest BCUT2D eigenvalue weighted by molar-refractivity contribution is 7.80. The van der Waals surface area contributed by atoms with Crippen molar-refractivity contribution < 1.29 is 9.59 Å². The Labute approximate surface area is 141 Å². The van der Waals surface area contributed by atoms with Crippen LogP contribution in [-0.4, -0.2) is 29.5 Å². The molecule has 0 aromatic heterocycles. The van der Waals surface area contributed by atoms with Gasteiger partial charge in [0.15, 0.2) is 5.11 Å². The van der Waals surface area contributed by atoms with Crippen LogP contribution in [0.5, 0.6) is 0 Å². The van der Waals surface area contributed by atoms with Gasteiger partial charge in [0.05, 0.1) is 6.54 Å². The van der Waals surface area contributed by atoms with Crippen LogP contribution in [0.25, 0.3) is 0 Å². The lowest BCUT2D eigenvalue weighted by atomic mass is 10.1. The fourth-order valence-electron chi connectivity index (χ4n) is 2.51. The highest BCUT2D eigenvalue weighted by Gasteiger charge is 2.15. The number of carbonyl (C=O) groups excluding carboxylic acids is 2. The average Bonchev–Trinajstić information content (AvgIpc) is 3.03. The Morgan fingerprint density at radius 1 is 1.22 bits per heavy atom. The minimum absolute atomic E-state index is 0.119. The normalized spacial score (nSPS) is 14.1. The number of hydrogen-bond acceptors (Lipinski definition) is 3. The zero-order chi connectivity index (χ0) is 16.7. The number of rotatable bonds is 4. The molecule has 2 rings (SSSR count). The summed E-state index contributed by atoms with van der Waals surface area (Å²) >= 11 is 5.11. The van der Waals surface area contributed by atoms with E-state index in [4.69, 9.17) is 12.2 Å². The smallest absolute Gasteiger partial charge is 0.257 e. The van der Waals surface area contributed by atoms with E-state index in [0.29, 0.717) is 16.7 Å². The fraction of sp³-hybridized carbons (Fsp3) is 0.438. The molecule has 0 heterocycles. The van der Waals surface area contributed by atoms with Gasteiger partial charge in [-0.1, -0.05) is 30.5 Å². The van der Waals surface area contributed by atoms with Crippen LogP contribution in [0.2, 0.25) is 0 Å². The Morgan fingerprint density at radius 3 is 2.65 bits per heavy atom. The van der Waals surface area contributed by atoms with E-state index in [2.05, 4.69) is 21.5 Å². The number of nitrogens with one attached hydrogen (secondary N) is 4. The van der Waals surface area contributed by atoms with Crippen LogP contribution in [0.4, 0.5) is 0 Å². The number of hydrazine groups is 1. The summed E-state index contributed by atoms with van der Waals surface area (Å²) < 4.78 is 0. The van der Waals surface area contributed by atoms with E-state index >= 15 is 0 Å². The third-order valence-corrected chi connectivity index (χ3v) is 3.92. The van der Waals surface area contributed by atoms with E-state index in [-0.39, 0.29) is 18.4 Å². The molecule has 23 heavy (non-hydrogen) atoms. The van der Waals surface area contributed by atoms with E-state index in [1.807, 2.05) is 13.0 Å². The molecular formula is C16H22N4O2S. The Kier molecular flexibility index (Phi) is 6.34. The number of carbonyl (C=O) groups is 2. The molecule has 0 unspecified atom stereocenters. The zero-order valence-corrected chi connectivity index (χ0v) is 14.0. The summed E-state index contributed by atoms with van der Waals surface area (Å²) in [5.41, 5.74) is 6.64. The van der Waals surface area contributed by atoms with Gasteiger partial charge in [0.1, 0.15) is 0 Å².